The van der Waals surface area contributed by atoms with Crippen LogP contribution in [0.25, 0.3) is 0 Å². The maximum Gasteiger partial charge on any atom is 0.275 e. The third-order valence-electron chi connectivity index (χ3n) is 4.69. The number of benzene rings is 2. The topological polar surface area (TPSA) is 58.1 Å². The van der Waals surface area contributed by atoms with Gasteiger partial charge < -0.3 is 10.2 Å². The fourth-order valence-electron chi connectivity index (χ4n) is 3.30. The van der Waals surface area contributed by atoms with E-state index in [0.29, 0.717) is 10.7 Å². The summed E-state index contributed by atoms with van der Waals surface area (Å²) in [6.07, 6.45) is 5.32. The van der Waals surface area contributed by atoms with Gasteiger partial charge in [-0.25, -0.2) is 9.97 Å². The van der Waals surface area contributed by atoms with Gasteiger partial charge in [0.1, 0.15) is 5.69 Å². The van der Waals surface area contributed by atoms with E-state index in [4.69, 9.17) is 11.6 Å². The molecule has 1 N–H and O–H groups in total. The van der Waals surface area contributed by atoms with E-state index in [9.17, 15) is 4.79 Å². The Balaban J connectivity index is 1.53. The van der Waals surface area contributed by atoms with Gasteiger partial charge in [-0.05, 0) is 55.2 Å². The van der Waals surface area contributed by atoms with Gasteiger partial charge in [0, 0.05) is 22.9 Å². The molecule has 2 aromatic carbocycles. The van der Waals surface area contributed by atoms with Gasteiger partial charge in [-0.2, -0.15) is 0 Å². The molecule has 0 atom stereocenters. The number of para-hydroxylation sites is 1. The van der Waals surface area contributed by atoms with Crippen molar-refractivity contribution in [2.45, 2.75) is 19.8 Å². The number of hydrogen-bond acceptors (Lipinski definition) is 4. The van der Waals surface area contributed by atoms with Crippen molar-refractivity contribution in [3.8, 4) is 0 Å². The highest BCUT2D eigenvalue weighted by molar-refractivity contribution is 6.30. The summed E-state index contributed by atoms with van der Waals surface area (Å²) >= 11 is 5.96. The lowest BCUT2D eigenvalue weighted by Crippen LogP contribution is -2.25. The van der Waals surface area contributed by atoms with E-state index < -0.39 is 0 Å². The van der Waals surface area contributed by atoms with Crippen LogP contribution >= 0.6 is 11.6 Å². The molecule has 1 aromatic heterocycles. The normalized spacial score (nSPS) is 13.2. The van der Waals surface area contributed by atoms with E-state index in [0.717, 1.165) is 36.5 Å². The second-order valence-corrected chi connectivity index (χ2v) is 6.99. The summed E-state index contributed by atoms with van der Waals surface area (Å²) < 4.78 is 0. The molecule has 5 nitrogen and oxygen atoms in total. The molecule has 0 fully saturated rings. The molecule has 0 aliphatic carbocycles. The molecule has 27 heavy (non-hydrogen) atoms. The quantitative estimate of drug-likeness (QED) is 0.712. The first-order valence-electron chi connectivity index (χ1n) is 8.87. The van der Waals surface area contributed by atoms with Crippen LogP contribution in [0.3, 0.4) is 0 Å². The van der Waals surface area contributed by atoms with Crippen LogP contribution in [0.4, 0.5) is 17.2 Å². The maximum absolute atomic E-state index is 12.5. The highest BCUT2D eigenvalue weighted by Gasteiger charge is 2.19. The zero-order chi connectivity index (χ0) is 18.8. The fraction of sp³-hybridized carbons (Fsp3) is 0.190. The van der Waals surface area contributed by atoms with E-state index >= 15 is 0 Å². The van der Waals surface area contributed by atoms with Gasteiger partial charge >= 0.3 is 0 Å². The number of amides is 1. The Hall–Kier alpha value is -2.92. The number of carbonyl (C=O) groups is 1. The number of hydrogen-bond donors (Lipinski definition) is 1. The number of halogens is 1. The number of fused-ring (bicyclic) bond motifs is 1. The number of aromatic nitrogens is 2. The highest BCUT2D eigenvalue weighted by Crippen LogP contribution is 2.31. The first-order chi connectivity index (χ1) is 13.1. The molecule has 0 unspecified atom stereocenters. The largest absolute Gasteiger partial charge is 0.325 e. The molecule has 0 spiro atoms. The van der Waals surface area contributed by atoms with Gasteiger partial charge in [0.25, 0.3) is 5.91 Å². The molecule has 3 aromatic rings. The van der Waals surface area contributed by atoms with E-state index in [1.807, 2.05) is 13.0 Å². The minimum atomic E-state index is -0.293. The predicted molar refractivity (Wildman–Crippen MR) is 108 cm³/mol. The molecule has 0 saturated heterocycles. The van der Waals surface area contributed by atoms with Crippen molar-refractivity contribution in [3.63, 3.8) is 0 Å². The van der Waals surface area contributed by atoms with E-state index in [-0.39, 0.29) is 11.6 Å². The number of anilines is 3. The van der Waals surface area contributed by atoms with Crippen LogP contribution in [-0.2, 0) is 6.42 Å². The van der Waals surface area contributed by atoms with Crippen LogP contribution in [0.15, 0.2) is 54.9 Å². The predicted octanol–water partition coefficient (Wildman–Crippen LogP) is 4.78. The Kier molecular flexibility index (Phi) is 4.77. The number of carbonyl (C=O) groups excluding carboxylic acids is 1. The zero-order valence-corrected chi connectivity index (χ0v) is 15.7. The molecule has 1 aliphatic heterocycles. The average molecular weight is 379 g/mol. The van der Waals surface area contributed by atoms with Gasteiger partial charge in [0.05, 0.1) is 12.4 Å². The highest BCUT2D eigenvalue weighted by atomic mass is 35.5. The lowest BCUT2D eigenvalue weighted by atomic mass is 10.0. The monoisotopic (exact) mass is 378 g/mol. The van der Waals surface area contributed by atoms with Crippen LogP contribution in [-0.4, -0.2) is 22.4 Å². The lowest BCUT2D eigenvalue weighted by Gasteiger charge is -2.30. The Morgan fingerprint density at radius 3 is 2.78 bits per heavy atom. The summed E-state index contributed by atoms with van der Waals surface area (Å²) in [5.74, 6) is 0.458. The minimum Gasteiger partial charge on any atom is -0.325 e. The van der Waals surface area contributed by atoms with Crippen LogP contribution in [0.5, 0.6) is 0 Å². The fourth-order valence-corrected chi connectivity index (χ4v) is 3.53. The third kappa shape index (κ3) is 3.64. The SMILES string of the molecule is Cc1cc(Cl)ccc1NC(=O)c1cnc(N2CCCc3ccccc32)cn1. The first-order valence-corrected chi connectivity index (χ1v) is 9.24. The molecule has 0 radical (unpaired) electrons. The summed E-state index contributed by atoms with van der Waals surface area (Å²) in [6, 6.07) is 13.7. The molecule has 136 valence electrons. The standard InChI is InChI=1S/C21H19ClN4O/c1-14-11-16(22)8-9-17(14)25-21(27)18-12-24-20(13-23-18)26-10-4-6-15-5-2-3-7-19(15)26/h2-3,5,7-9,11-13H,4,6,10H2,1H3,(H,25,27). The van der Waals surface area contributed by atoms with Gasteiger partial charge in [-0.1, -0.05) is 29.8 Å². The molecule has 1 amide bonds. The molecule has 0 bridgehead atoms. The Morgan fingerprint density at radius 2 is 2.00 bits per heavy atom. The number of nitrogens with zero attached hydrogens (tertiary/aromatic N) is 3. The summed E-state index contributed by atoms with van der Waals surface area (Å²) in [6.45, 7) is 2.78. The van der Waals surface area contributed by atoms with Gasteiger partial charge in [-0.15, -0.1) is 0 Å². The smallest absolute Gasteiger partial charge is 0.275 e. The molecule has 2 heterocycles. The van der Waals surface area contributed by atoms with E-state index in [1.165, 1.54) is 11.8 Å². The van der Waals surface area contributed by atoms with Gasteiger partial charge in [0.2, 0.25) is 0 Å². The minimum absolute atomic E-state index is 0.276. The van der Waals surface area contributed by atoms with Crippen LogP contribution in [0.1, 0.15) is 28.0 Å². The van der Waals surface area contributed by atoms with Crippen molar-refractivity contribution in [3.05, 3.63) is 76.7 Å². The Morgan fingerprint density at radius 1 is 1.15 bits per heavy atom. The summed E-state index contributed by atoms with van der Waals surface area (Å²) in [5.41, 5.74) is 4.35. The molecule has 6 heteroatoms. The Bertz CT molecular complexity index is 988. The van der Waals surface area contributed by atoms with Crippen LogP contribution in [0.2, 0.25) is 5.02 Å². The van der Waals surface area contributed by atoms with Crippen molar-refractivity contribution in [1.82, 2.24) is 9.97 Å². The van der Waals surface area contributed by atoms with E-state index in [2.05, 4.69) is 38.4 Å². The second-order valence-electron chi connectivity index (χ2n) is 6.56. The molecular formula is C21H19ClN4O. The summed E-state index contributed by atoms with van der Waals surface area (Å²) in [4.78, 5) is 23.4. The first kappa shape index (κ1) is 17.5. The van der Waals surface area contributed by atoms with E-state index in [1.54, 1.807) is 24.4 Å². The zero-order valence-electron chi connectivity index (χ0n) is 14.9. The molecule has 1 aliphatic rings. The van der Waals surface area contributed by atoms with Crippen molar-refractivity contribution in [1.29, 1.82) is 0 Å². The van der Waals surface area contributed by atoms with Crippen LogP contribution < -0.4 is 10.2 Å². The third-order valence-corrected chi connectivity index (χ3v) is 4.93. The van der Waals surface area contributed by atoms with Gasteiger partial charge in [-0.3, -0.25) is 4.79 Å². The van der Waals surface area contributed by atoms with Crippen molar-refractivity contribution >= 4 is 34.7 Å². The van der Waals surface area contributed by atoms with Crippen molar-refractivity contribution < 1.29 is 4.79 Å². The maximum atomic E-state index is 12.5. The molecule has 0 saturated carbocycles. The lowest BCUT2D eigenvalue weighted by molar-refractivity contribution is 0.102. The Labute approximate surface area is 163 Å². The average Bonchev–Trinajstić information content (AvgIpc) is 2.70. The van der Waals surface area contributed by atoms with Crippen LogP contribution in [0, 0.1) is 6.92 Å². The number of nitrogens with one attached hydrogen (secondary N) is 1. The van der Waals surface area contributed by atoms with Crippen molar-refractivity contribution in [2.75, 3.05) is 16.8 Å². The molecule has 4 rings (SSSR count). The van der Waals surface area contributed by atoms with Gasteiger partial charge in [0.15, 0.2) is 5.82 Å². The summed E-state index contributed by atoms with van der Waals surface area (Å²) in [7, 11) is 0. The number of rotatable bonds is 3. The number of aryl methyl sites for hydroxylation is 2. The second kappa shape index (κ2) is 7.37. The van der Waals surface area contributed by atoms with Crippen molar-refractivity contribution in [2.24, 2.45) is 0 Å². The molecular weight excluding hydrogens is 360 g/mol. The summed E-state index contributed by atoms with van der Waals surface area (Å²) in [5, 5.41) is 3.49.